The summed E-state index contributed by atoms with van der Waals surface area (Å²) in [6.45, 7) is 0. The van der Waals surface area contributed by atoms with Crippen molar-refractivity contribution in [3.63, 3.8) is 0 Å². The standard InChI is InChI=1S/C31H21FN8O/c32-23-15-19(20-13-21(17-33-16-20)36-26(41)12-18-6-2-1-3-7-18)14-22-27(23)39-40-28(22)31-37-25-9-11-35-29(30(25)38-31)24-8-4-5-10-34-24/h1-11,13-17H,12H2,(H,36,41)(H,37,38)(H,39,40). The molecule has 0 atom stereocenters. The second-order valence-electron chi connectivity index (χ2n) is 9.48. The van der Waals surface area contributed by atoms with Gasteiger partial charge in [0, 0.05) is 29.5 Å². The van der Waals surface area contributed by atoms with Gasteiger partial charge in [0.25, 0.3) is 0 Å². The fraction of sp³-hybridized carbons (Fsp3) is 0.0323. The van der Waals surface area contributed by atoms with E-state index in [1.54, 1.807) is 30.9 Å². The SMILES string of the molecule is O=C(Cc1ccccc1)Nc1cncc(-c2cc(F)c3n[nH]c(-c4nc5c(-c6ccccn6)nccc5[nH]4)c3c2)c1. The van der Waals surface area contributed by atoms with Gasteiger partial charge in [0.15, 0.2) is 11.6 Å². The Morgan fingerprint density at radius 3 is 2.61 bits per heavy atom. The minimum atomic E-state index is -0.495. The number of imidazole rings is 1. The van der Waals surface area contributed by atoms with Crippen LogP contribution in [0.2, 0.25) is 0 Å². The van der Waals surface area contributed by atoms with Crippen molar-refractivity contribution in [1.82, 2.24) is 35.1 Å². The monoisotopic (exact) mass is 540 g/mol. The molecular formula is C31H21FN8O. The number of fused-ring (bicyclic) bond motifs is 2. The molecule has 0 unspecified atom stereocenters. The number of nitrogens with zero attached hydrogens (tertiary/aromatic N) is 5. The molecule has 0 aliphatic carbocycles. The van der Waals surface area contributed by atoms with Crippen molar-refractivity contribution in [1.29, 1.82) is 0 Å². The lowest BCUT2D eigenvalue weighted by atomic mass is 10.0. The smallest absolute Gasteiger partial charge is 0.228 e. The normalized spacial score (nSPS) is 11.2. The molecule has 5 aromatic heterocycles. The van der Waals surface area contributed by atoms with Crippen LogP contribution < -0.4 is 5.32 Å². The maximum atomic E-state index is 15.3. The predicted octanol–water partition coefficient (Wildman–Crippen LogP) is 5.95. The highest BCUT2D eigenvalue weighted by molar-refractivity contribution is 5.98. The van der Waals surface area contributed by atoms with Gasteiger partial charge in [0.1, 0.15) is 22.4 Å². The Bertz CT molecular complexity index is 2040. The third-order valence-electron chi connectivity index (χ3n) is 6.72. The zero-order chi connectivity index (χ0) is 27.8. The third-order valence-corrected chi connectivity index (χ3v) is 6.72. The van der Waals surface area contributed by atoms with E-state index >= 15 is 4.39 Å². The molecule has 9 nitrogen and oxygen atoms in total. The fourth-order valence-electron chi connectivity index (χ4n) is 4.82. The molecule has 0 radical (unpaired) electrons. The number of nitrogens with one attached hydrogen (secondary N) is 3. The Kier molecular flexibility index (Phi) is 5.97. The molecule has 1 amide bonds. The van der Waals surface area contributed by atoms with Crippen LogP contribution in [0, 0.1) is 5.82 Å². The molecule has 0 saturated heterocycles. The Balaban J connectivity index is 1.24. The Hall–Kier alpha value is -5.77. The number of carbonyl (C=O) groups excluding carboxylic acids is 1. The van der Waals surface area contributed by atoms with E-state index in [0.717, 1.165) is 11.1 Å². The van der Waals surface area contributed by atoms with Gasteiger partial charge in [-0.25, -0.2) is 9.37 Å². The Labute approximate surface area is 232 Å². The first-order valence-corrected chi connectivity index (χ1v) is 12.9. The van der Waals surface area contributed by atoms with Crippen molar-refractivity contribution in [2.75, 3.05) is 5.32 Å². The molecule has 0 spiro atoms. The van der Waals surface area contributed by atoms with Crippen molar-refractivity contribution in [2.45, 2.75) is 6.42 Å². The van der Waals surface area contributed by atoms with Crippen LogP contribution in [-0.2, 0) is 11.2 Å². The molecule has 10 heteroatoms. The maximum Gasteiger partial charge on any atom is 0.228 e. The first kappa shape index (κ1) is 24.3. The first-order chi connectivity index (χ1) is 20.1. The molecule has 41 heavy (non-hydrogen) atoms. The number of H-pyrrole nitrogens is 2. The quantitative estimate of drug-likeness (QED) is 0.240. The number of aromatic amines is 2. The van der Waals surface area contributed by atoms with Crippen LogP contribution in [0.3, 0.4) is 0 Å². The number of halogens is 1. The van der Waals surface area contributed by atoms with Crippen molar-refractivity contribution in [3.05, 3.63) is 109 Å². The van der Waals surface area contributed by atoms with Crippen LogP contribution in [0.15, 0.2) is 97.6 Å². The summed E-state index contributed by atoms with van der Waals surface area (Å²) in [5.41, 5.74) is 6.10. The summed E-state index contributed by atoms with van der Waals surface area (Å²) >= 11 is 0. The number of carbonyl (C=O) groups is 1. The summed E-state index contributed by atoms with van der Waals surface area (Å²) in [6.07, 6.45) is 6.81. The van der Waals surface area contributed by atoms with Gasteiger partial charge in [-0.3, -0.25) is 24.8 Å². The van der Waals surface area contributed by atoms with Gasteiger partial charge in [0.2, 0.25) is 5.91 Å². The van der Waals surface area contributed by atoms with E-state index in [1.807, 2.05) is 60.7 Å². The van der Waals surface area contributed by atoms with E-state index in [-0.39, 0.29) is 17.8 Å². The van der Waals surface area contributed by atoms with Gasteiger partial charge in [-0.15, -0.1) is 0 Å². The van der Waals surface area contributed by atoms with Gasteiger partial charge < -0.3 is 10.3 Å². The number of hydrogen-bond acceptors (Lipinski definition) is 6. The summed E-state index contributed by atoms with van der Waals surface area (Å²) < 4.78 is 15.3. The Morgan fingerprint density at radius 1 is 0.878 bits per heavy atom. The maximum absolute atomic E-state index is 15.3. The highest BCUT2D eigenvalue weighted by Crippen LogP contribution is 2.33. The van der Waals surface area contributed by atoms with Crippen LogP contribution in [0.1, 0.15) is 5.56 Å². The molecule has 0 aliphatic rings. The topological polar surface area (TPSA) is 125 Å². The number of pyridine rings is 3. The highest BCUT2D eigenvalue weighted by atomic mass is 19.1. The molecule has 5 heterocycles. The van der Waals surface area contributed by atoms with Gasteiger partial charge in [-0.2, -0.15) is 5.10 Å². The summed E-state index contributed by atoms with van der Waals surface area (Å²) in [7, 11) is 0. The molecular weight excluding hydrogens is 519 g/mol. The van der Waals surface area contributed by atoms with Gasteiger partial charge >= 0.3 is 0 Å². The number of rotatable bonds is 6. The van der Waals surface area contributed by atoms with E-state index in [2.05, 4.69) is 35.5 Å². The summed E-state index contributed by atoms with van der Waals surface area (Å²) in [5, 5.41) is 10.6. The second kappa shape index (κ2) is 10.1. The summed E-state index contributed by atoms with van der Waals surface area (Å²) in [5.74, 6) is -0.173. The van der Waals surface area contributed by atoms with E-state index in [1.165, 1.54) is 6.07 Å². The molecule has 3 N–H and O–H groups in total. The molecule has 7 aromatic rings. The molecule has 0 aliphatic heterocycles. The molecule has 7 rings (SSSR count). The van der Waals surface area contributed by atoms with E-state index in [0.29, 0.717) is 50.6 Å². The fourth-order valence-corrected chi connectivity index (χ4v) is 4.82. The Morgan fingerprint density at radius 2 is 1.76 bits per heavy atom. The van der Waals surface area contributed by atoms with Crippen molar-refractivity contribution in [3.8, 4) is 34.0 Å². The molecule has 0 bridgehead atoms. The molecule has 2 aromatic carbocycles. The van der Waals surface area contributed by atoms with Crippen molar-refractivity contribution >= 4 is 33.5 Å². The first-order valence-electron chi connectivity index (χ1n) is 12.9. The highest BCUT2D eigenvalue weighted by Gasteiger charge is 2.19. The van der Waals surface area contributed by atoms with Gasteiger partial charge in [-0.1, -0.05) is 36.4 Å². The van der Waals surface area contributed by atoms with Gasteiger partial charge in [-0.05, 0) is 47.5 Å². The van der Waals surface area contributed by atoms with E-state index in [9.17, 15) is 4.79 Å². The van der Waals surface area contributed by atoms with Crippen LogP contribution in [0.25, 0.3) is 56.0 Å². The predicted molar refractivity (Wildman–Crippen MR) is 154 cm³/mol. The minimum Gasteiger partial charge on any atom is -0.337 e. The largest absolute Gasteiger partial charge is 0.337 e. The lowest BCUT2D eigenvalue weighted by Gasteiger charge is -2.08. The van der Waals surface area contributed by atoms with Crippen molar-refractivity contribution in [2.24, 2.45) is 0 Å². The lowest BCUT2D eigenvalue weighted by molar-refractivity contribution is -0.115. The minimum absolute atomic E-state index is 0.168. The van der Waals surface area contributed by atoms with Crippen LogP contribution in [-0.4, -0.2) is 41.0 Å². The average Bonchev–Trinajstić information content (AvgIpc) is 3.63. The second-order valence-corrected chi connectivity index (χ2v) is 9.48. The zero-order valence-corrected chi connectivity index (χ0v) is 21.5. The summed E-state index contributed by atoms with van der Waals surface area (Å²) in [6, 6.07) is 21.9. The number of anilines is 1. The van der Waals surface area contributed by atoms with Crippen molar-refractivity contribution < 1.29 is 9.18 Å². The number of aromatic nitrogens is 7. The van der Waals surface area contributed by atoms with E-state index in [4.69, 9.17) is 4.98 Å². The van der Waals surface area contributed by atoms with Crippen LogP contribution >= 0.6 is 0 Å². The van der Waals surface area contributed by atoms with Gasteiger partial charge in [0.05, 0.1) is 29.5 Å². The van der Waals surface area contributed by atoms with Crippen LogP contribution in [0.5, 0.6) is 0 Å². The summed E-state index contributed by atoms with van der Waals surface area (Å²) in [4.78, 5) is 33.8. The lowest BCUT2D eigenvalue weighted by Crippen LogP contribution is -2.14. The number of hydrogen-bond donors (Lipinski definition) is 3. The average molecular weight is 541 g/mol. The molecule has 0 saturated carbocycles. The number of amides is 1. The third kappa shape index (κ3) is 4.67. The van der Waals surface area contributed by atoms with Crippen LogP contribution in [0.4, 0.5) is 10.1 Å². The van der Waals surface area contributed by atoms with E-state index < -0.39 is 5.82 Å². The molecule has 198 valence electrons. The molecule has 0 fully saturated rings. The zero-order valence-electron chi connectivity index (χ0n) is 21.5. The number of benzene rings is 2.